The number of anilines is 1. The lowest BCUT2D eigenvalue weighted by molar-refractivity contribution is 0.0601. The fourth-order valence-corrected chi connectivity index (χ4v) is 2.28. The van der Waals surface area contributed by atoms with Crippen LogP contribution < -0.4 is 10.6 Å². The second kappa shape index (κ2) is 10.0. The van der Waals surface area contributed by atoms with Crippen molar-refractivity contribution in [2.24, 2.45) is 0 Å². The molecule has 1 aromatic carbocycles. The Kier molecular flexibility index (Phi) is 7.45. The third kappa shape index (κ3) is 5.61. The summed E-state index contributed by atoms with van der Waals surface area (Å²) in [4.78, 5) is 40.4. The molecule has 0 unspecified atom stereocenters. The zero-order valence-electron chi connectivity index (χ0n) is 15.2. The molecule has 0 fully saturated rings. The highest BCUT2D eigenvalue weighted by atomic mass is 16.5. The van der Waals surface area contributed by atoms with Gasteiger partial charge in [0.25, 0.3) is 11.8 Å². The summed E-state index contributed by atoms with van der Waals surface area (Å²) in [5, 5.41) is 5.36. The van der Waals surface area contributed by atoms with Crippen LogP contribution in [0.1, 0.15) is 37.6 Å². The van der Waals surface area contributed by atoms with E-state index in [-0.39, 0.29) is 17.2 Å². The summed E-state index contributed by atoms with van der Waals surface area (Å²) in [6.07, 6.45) is 2.07. The Balaban J connectivity index is 2.10. The Morgan fingerprint density at radius 1 is 1.07 bits per heavy atom. The maximum Gasteiger partial charge on any atom is 0.339 e. The molecule has 0 radical (unpaired) electrons. The molecule has 27 heavy (non-hydrogen) atoms. The lowest BCUT2D eigenvalue weighted by Crippen LogP contribution is -2.26. The number of amides is 2. The van der Waals surface area contributed by atoms with Gasteiger partial charge in [-0.25, -0.2) is 4.79 Å². The number of para-hydroxylation sites is 1. The number of hydrogen-bond acceptors (Lipinski definition) is 6. The van der Waals surface area contributed by atoms with Crippen LogP contribution in [0.4, 0.5) is 5.69 Å². The van der Waals surface area contributed by atoms with Gasteiger partial charge in [0, 0.05) is 32.0 Å². The largest absolute Gasteiger partial charge is 0.465 e. The average molecular weight is 371 g/mol. The fraction of sp³-hybridized carbons (Fsp3) is 0.263. The standard InChI is InChI=1S/C19H21N3O5/c1-26-11-5-9-21-17(23)13-8-10-20-16(12-13)18(24)22-15-7-4-3-6-14(15)19(25)27-2/h3-4,6-8,10,12H,5,9,11H2,1-2H3,(H,21,23)(H,22,24). The van der Waals surface area contributed by atoms with Gasteiger partial charge in [0.15, 0.2) is 0 Å². The molecule has 2 amide bonds. The first-order chi connectivity index (χ1) is 13.1. The molecule has 0 aliphatic rings. The Morgan fingerprint density at radius 2 is 1.85 bits per heavy atom. The van der Waals surface area contributed by atoms with E-state index < -0.39 is 11.9 Å². The van der Waals surface area contributed by atoms with Crippen LogP contribution in [0.2, 0.25) is 0 Å². The minimum Gasteiger partial charge on any atom is -0.465 e. The molecule has 1 heterocycles. The lowest BCUT2D eigenvalue weighted by atomic mass is 10.1. The molecule has 142 valence electrons. The maximum atomic E-state index is 12.5. The number of pyridine rings is 1. The number of ether oxygens (including phenoxy) is 2. The summed E-state index contributed by atoms with van der Waals surface area (Å²) < 4.78 is 9.63. The quantitative estimate of drug-likeness (QED) is 0.542. The Labute approximate surface area is 156 Å². The molecule has 0 saturated carbocycles. The van der Waals surface area contributed by atoms with Gasteiger partial charge in [0.05, 0.1) is 18.4 Å². The molecule has 2 aromatic rings. The molecule has 0 spiro atoms. The molecular formula is C19H21N3O5. The molecule has 0 saturated heterocycles. The molecule has 0 atom stereocenters. The maximum absolute atomic E-state index is 12.5. The highest BCUT2D eigenvalue weighted by molar-refractivity contribution is 6.08. The van der Waals surface area contributed by atoms with E-state index in [9.17, 15) is 14.4 Å². The number of hydrogen-bond donors (Lipinski definition) is 2. The van der Waals surface area contributed by atoms with Gasteiger partial charge in [-0.05, 0) is 30.7 Å². The van der Waals surface area contributed by atoms with Crippen molar-refractivity contribution in [2.45, 2.75) is 6.42 Å². The van der Waals surface area contributed by atoms with E-state index in [1.165, 1.54) is 25.4 Å². The normalized spacial score (nSPS) is 10.1. The van der Waals surface area contributed by atoms with Crippen molar-refractivity contribution in [3.05, 3.63) is 59.4 Å². The third-order valence-corrected chi connectivity index (χ3v) is 3.65. The van der Waals surface area contributed by atoms with Gasteiger partial charge in [0.1, 0.15) is 5.69 Å². The average Bonchev–Trinajstić information content (AvgIpc) is 2.71. The van der Waals surface area contributed by atoms with Crippen molar-refractivity contribution in [3.63, 3.8) is 0 Å². The van der Waals surface area contributed by atoms with E-state index in [4.69, 9.17) is 9.47 Å². The fourth-order valence-electron chi connectivity index (χ4n) is 2.28. The highest BCUT2D eigenvalue weighted by Gasteiger charge is 2.16. The molecule has 0 bridgehead atoms. The topological polar surface area (TPSA) is 107 Å². The second-order valence-electron chi connectivity index (χ2n) is 5.52. The summed E-state index contributed by atoms with van der Waals surface area (Å²) >= 11 is 0. The van der Waals surface area contributed by atoms with Gasteiger partial charge < -0.3 is 20.1 Å². The third-order valence-electron chi connectivity index (χ3n) is 3.65. The highest BCUT2D eigenvalue weighted by Crippen LogP contribution is 2.17. The second-order valence-corrected chi connectivity index (χ2v) is 5.52. The smallest absolute Gasteiger partial charge is 0.339 e. The molecule has 8 heteroatoms. The minimum atomic E-state index is -0.567. The monoisotopic (exact) mass is 371 g/mol. The first kappa shape index (κ1) is 20.1. The van der Waals surface area contributed by atoms with E-state index in [1.54, 1.807) is 31.4 Å². The Bertz CT molecular complexity index is 822. The molecule has 2 N–H and O–H groups in total. The van der Waals surface area contributed by atoms with Gasteiger partial charge in [0.2, 0.25) is 0 Å². The summed E-state index contributed by atoms with van der Waals surface area (Å²) in [5.41, 5.74) is 0.888. The van der Waals surface area contributed by atoms with E-state index in [2.05, 4.69) is 15.6 Å². The van der Waals surface area contributed by atoms with Gasteiger partial charge in [-0.2, -0.15) is 0 Å². The van der Waals surface area contributed by atoms with Gasteiger partial charge in [-0.1, -0.05) is 12.1 Å². The van der Waals surface area contributed by atoms with Crippen LogP contribution in [-0.2, 0) is 9.47 Å². The van der Waals surface area contributed by atoms with Crippen molar-refractivity contribution in [3.8, 4) is 0 Å². The molecule has 8 nitrogen and oxygen atoms in total. The summed E-state index contributed by atoms with van der Waals surface area (Å²) in [6.45, 7) is 1.01. The van der Waals surface area contributed by atoms with Crippen LogP contribution in [0.3, 0.4) is 0 Å². The molecule has 1 aromatic heterocycles. The number of aromatic nitrogens is 1. The molecule has 0 aliphatic heterocycles. The van der Waals surface area contributed by atoms with E-state index in [0.717, 1.165) is 0 Å². The predicted octanol–water partition coefficient (Wildman–Crippen LogP) is 1.89. The number of carbonyl (C=O) groups is 3. The zero-order valence-corrected chi connectivity index (χ0v) is 15.2. The number of rotatable bonds is 8. The van der Waals surface area contributed by atoms with Crippen molar-refractivity contribution >= 4 is 23.5 Å². The number of nitrogens with one attached hydrogen (secondary N) is 2. The van der Waals surface area contributed by atoms with Gasteiger partial charge >= 0.3 is 5.97 Å². The molecule has 2 rings (SSSR count). The van der Waals surface area contributed by atoms with E-state index in [0.29, 0.717) is 30.8 Å². The first-order valence-electron chi connectivity index (χ1n) is 8.28. The number of nitrogens with zero attached hydrogens (tertiary/aromatic N) is 1. The van der Waals surface area contributed by atoms with Crippen LogP contribution in [0.25, 0.3) is 0 Å². The predicted molar refractivity (Wildman–Crippen MR) is 98.8 cm³/mol. The molecular weight excluding hydrogens is 350 g/mol. The van der Waals surface area contributed by atoms with Gasteiger partial charge in [-0.15, -0.1) is 0 Å². The summed E-state index contributed by atoms with van der Waals surface area (Å²) in [7, 11) is 2.85. The van der Waals surface area contributed by atoms with Crippen LogP contribution in [0.5, 0.6) is 0 Å². The van der Waals surface area contributed by atoms with Crippen molar-refractivity contribution in [1.82, 2.24) is 10.3 Å². The van der Waals surface area contributed by atoms with Crippen LogP contribution in [0, 0.1) is 0 Å². The van der Waals surface area contributed by atoms with Gasteiger partial charge in [-0.3, -0.25) is 14.6 Å². The summed E-state index contributed by atoms with van der Waals surface area (Å²) in [5.74, 6) is -1.42. The minimum absolute atomic E-state index is 0.0548. The van der Waals surface area contributed by atoms with Crippen LogP contribution in [0.15, 0.2) is 42.6 Å². The SMILES string of the molecule is COCCCNC(=O)c1ccnc(C(=O)Nc2ccccc2C(=O)OC)c1. The number of benzene rings is 1. The van der Waals surface area contributed by atoms with Crippen molar-refractivity contribution in [1.29, 1.82) is 0 Å². The van der Waals surface area contributed by atoms with Crippen LogP contribution >= 0.6 is 0 Å². The summed E-state index contributed by atoms with van der Waals surface area (Å²) in [6, 6.07) is 9.37. The molecule has 0 aliphatic carbocycles. The Hall–Kier alpha value is -3.26. The lowest BCUT2D eigenvalue weighted by Gasteiger charge is -2.10. The van der Waals surface area contributed by atoms with E-state index in [1.807, 2.05) is 0 Å². The first-order valence-corrected chi connectivity index (χ1v) is 8.28. The number of methoxy groups -OCH3 is 2. The van der Waals surface area contributed by atoms with Crippen molar-refractivity contribution < 1.29 is 23.9 Å². The Morgan fingerprint density at radius 3 is 2.59 bits per heavy atom. The van der Waals surface area contributed by atoms with E-state index >= 15 is 0 Å². The van der Waals surface area contributed by atoms with Crippen LogP contribution in [-0.4, -0.2) is 50.1 Å². The number of carbonyl (C=O) groups excluding carboxylic acids is 3. The number of esters is 1. The zero-order chi connectivity index (χ0) is 19.6. The van der Waals surface area contributed by atoms with Crippen molar-refractivity contribution in [2.75, 3.05) is 32.7 Å².